The number of nitrogens with zero attached hydrogens (tertiary/aromatic N) is 2. The Morgan fingerprint density at radius 1 is 1.17 bits per heavy atom. The third kappa shape index (κ3) is 4.20. The molecule has 0 fully saturated rings. The maximum Gasteiger partial charge on any atom is 0.224 e. The highest BCUT2D eigenvalue weighted by Crippen LogP contribution is 2.22. The Labute approximate surface area is 137 Å². The zero-order chi connectivity index (χ0) is 16.1. The first-order valence-electron chi connectivity index (χ1n) is 7.12. The van der Waals surface area contributed by atoms with Crippen molar-refractivity contribution in [3.8, 4) is 10.7 Å². The van der Waals surface area contributed by atoms with Crippen molar-refractivity contribution in [1.29, 1.82) is 0 Å². The van der Waals surface area contributed by atoms with Gasteiger partial charge in [-0.25, -0.2) is 9.37 Å². The predicted molar refractivity (Wildman–Crippen MR) is 88.7 cm³/mol. The van der Waals surface area contributed by atoms with Crippen LogP contribution in [0, 0.1) is 5.82 Å². The zero-order valence-corrected chi connectivity index (χ0v) is 13.0. The third-order valence-corrected chi connectivity index (χ3v) is 4.09. The number of nitrogens with one attached hydrogen (secondary N) is 1. The number of carbonyl (C=O) groups excluding carboxylic acids is 1. The molecule has 4 nitrogen and oxygen atoms in total. The molecule has 2 aromatic heterocycles. The molecule has 6 heteroatoms. The van der Waals surface area contributed by atoms with Gasteiger partial charge in [-0.05, 0) is 42.8 Å². The van der Waals surface area contributed by atoms with E-state index >= 15 is 0 Å². The number of benzene rings is 1. The van der Waals surface area contributed by atoms with Crippen LogP contribution in [-0.2, 0) is 11.2 Å². The van der Waals surface area contributed by atoms with Gasteiger partial charge >= 0.3 is 0 Å². The predicted octanol–water partition coefficient (Wildman–Crippen LogP) is 3.92. The standard InChI is InChI=1S/C17H14FN3OS/c18-12-4-6-13(7-5-12)20-16(22)9-8-14-11-23-17(21-14)15-3-1-2-10-19-15/h1-7,10-11H,8-9H2,(H,20,22). The lowest BCUT2D eigenvalue weighted by Gasteiger charge is -2.04. The smallest absolute Gasteiger partial charge is 0.224 e. The third-order valence-electron chi connectivity index (χ3n) is 3.17. The lowest BCUT2D eigenvalue weighted by molar-refractivity contribution is -0.116. The summed E-state index contributed by atoms with van der Waals surface area (Å²) in [5.41, 5.74) is 2.29. The van der Waals surface area contributed by atoms with E-state index in [4.69, 9.17) is 0 Å². The molecule has 0 saturated heterocycles. The Kier molecular flexibility index (Phi) is 4.73. The maximum atomic E-state index is 12.8. The molecule has 2 heterocycles. The van der Waals surface area contributed by atoms with Gasteiger partial charge in [-0.3, -0.25) is 9.78 Å². The largest absolute Gasteiger partial charge is 0.326 e. The lowest BCUT2D eigenvalue weighted by Crippen LogP contribution is -2.12. The Morgan fingerprint density at radius 2 is 2.00 bits per heavy atom. The molecule has 0 aliphatic rings. The molecule has 0 radical (unpaired) electrons. The SMILES string of the molecule is O=C(CCc1csc(-c2ccccn2)n1)Nc1ccc(F)cc1. The van der Waals surface area contributed by atoms with Gasteiger partial charge in [0.15, 0.2) is 0 Å². The number of halogens is 1. The van der Waals surface area contributed by atoms with E-state index in [1.54, 1.807) is 6.20 Å². The van der Waals surface area contributed by atoms with E-state index in [1.807, 2.05) is 23.6 Å². The van der Waals surface area contributed by atoms with Crippen molar-refractivity contribution >= 4 is 22.9 Å². The molecule has 1 aromatic carbocycles. The number of aromatic nitrogens is 2. The number of aryl methyl sites for hydroxylation is 1. The van der Waals surface area contributed by atoms with Gasteiger partial charge in [-0.15, -0.1) is 11.3 Å². The fourth-order valence-corrected chi connectivity index (χ4v) is 2.86. The van der Waals surface area contributed by atoms with E-state index in [-0.39, 0.29) is 11.7 Å². The van der Waals surface area contributed by atoms with E-state index in [0.717, 1.165) is 16.4 Å². The van der Waals surface area contributed by atoms with Crippen molar-refractivity contribution in [3.63, 3.8) is 0 Å². The summed E-state index contributed by atoms with van der Waals surface area (Å²) < 4.78 is 12.8. The van der Waals surface area contributed by atoms with Crippen LogP contribution in [0.3, 0.4) is 0 Å². The minimum absolute atomic E-state index is 0.121. The zero-order valence-electron chi connectivity index (χ0n) is 12.2. The summed E-state index contributed by atoms with van der Waals surface area (Å²) in [4.78, 5) is 20.7. The number of amides is 1. The first kappa shape index (κ1) is 15.3. The number of carbonyl (C=O) groups is 1. The topological polar surface area (TPSA) is 54.9 Å². The van der Waals surface area contributed by atoms with Crippen molar-refractivity contribution < 1.29 is 9.18 Å². The molecule has 0 bridgehead atoms. The highest BCUT2D eigenvalue weighted by molar-refractivity contribution is 7.13. The van der Waals surface area contributed by atoms with Gasteiger partial charge < -0.3 is 5.32 Å². The molecule has 0 atom stereocenters. The van der Waals surface area contributed by atoms with E-state index in [2.05, 4.69) is 15.3 Å². The van der Waals surface area contributed by atoms with Crippen LogP contribution in [-0.4, -0.2) is 15.9 Å². The van der Waals surface area contributed by atoms with Crippen LogP contribution in [0.15, 0.2) is 54.0 Å². The van der Waals surface area contributed by atoms with Crippen LogP contribution in [0.4, 0.5) is 10.1 Å². The number of rotatable bonds is 5. The van der Waals surface area contributed by atoms with Crippen molar-refractivity contribution in [1.82, 2.24) is 9.97 Å². The number of hydrogen-bond acceptors (Lipinski definition) is 4. The van der Waals surface area contributed by atoms with Crippen molar-refractivity contribution in [2.45, 2.75) is 12.8 Å². The van der Waals surface area contributed by atoms with E-state index < -0.39 is 0 Å². The summed E-state index contributed by atoms with van der Waals surface area (Å²) in [7, 11) is 0. The number of thiazole rings is 1. The minimum atomic E-state index is -0.326. The van der Waals surface area contributed by atoms with Gasteiger partial charge in [0.2, 0.25) is 5.91 Å². The average Bonchev–Trinajstić information content (AvgIpc) is 3.05. The van der Waals surface area contributed by atoms with Gasteiger partial charge in [-0.2, -0.15) is 0 Å². The second-order valence-corrected chi connectivity index (χ2v) is 5.77. The van der Waals surface area contributed by atoms with Crippen molar-refractivity contribution in [3.05, 3.63) is 65.6 Å². The molecule has 0 spiro atoms. The molecular formula is C17H14FN3OS. The molecule has 0 aliphatic heterocycles. The summed E-state index contributed by atoms with van der Waals surface area (Å²) in [6, 6.07) is 11.4. The second-order valence-electron chi connectivity index (χ2n) is 4.91. The summed E-state index contributed by atoms with van der Waals surface area (Å²) in [5, 5.41) is 5.52. The maximum absolute atomic E-state index is 12.8. The Balaban J connectivity index is 1.55. The fourth-order valence-electron chi connectivity index (χ4n) is 2.03. The van der Waals surface area contributed by atoms with Crippen LogP contribution in [0.1, 0.15) is 12.1 Å². The Bertz CT molecular complexity index is 787. The van der Waals surface area contributed by atoms with Crippen LogP contribution in [0.25, 0.3) is 10.7 Å². The number of pyridine rings is 1. The molecule has 0 saturated carbocycles. The summed E-state index contributed by atoms with van der Waals surface area (Å²) in [5.74, 6) is -0.448. The van der Waals surface area contributed by atoms with Gasteiger partial charge in [0.25, 0.3) is 0 Å². The molecule has 23 heavy (non-hydrogen) atoms. The van der Waals surface area contributed by atoms with Crippen molar-refractivity contribution in [2.24, 2.45) is 0 Å². The van der Waals surface area contributed by atoms with Gasteiger partial charge in [0.1, 0.15) is 10.8 Å². The molecule has 1 N–H and O–H groups in total. The Morgan fingerprint density at radius 3 is 2.74 bits per heavy atom. The monoisotopic (exact) mass is 327 g/mol. The summed E-state index contributed by atoms with van der Waals surface area (Å²) >= 11 is 1.51. The fraction of sp³-hybridized carbons (Fsp3) is 0.118. The van der Waals surface area contributed by atoms with Gasteiger partial charge in [0.05, 0.1) is 11.4 Å². The lowest BCUT2D eigenvalue weighted by atomic mass is 10.2. The van der Waals surface area contributed by atoms with Crippen LogP contribution in [0.2, 0.25) is 0 Å². The quantitative estimate of drug-likeness (QED) is 0.773. The highest BCUT2D eigenvalue weighted by Gasteiger charge is 2.08. The number of anilines is 1. The minimum Gasteiger partial charge on any atom is -0.326 e. The molecule has 116 valence electrons. The van der Waals surface area contributed by atoms with Crippen LogP contribution in [0.5, 0.6) is 0 Å². The van der Waals surface area contributed by atoms with Crippen LogP contribution >= 0.6 is 11.3 Å². The molecule has 0 aliphatic carbocycles. The second kappa shape index (κ2) is 7.11. The van der Waals surface area contributed by atoms with Crippen molar-refractivity contribution in [2.75, 3.05) is 5.32 Å². The Hall–Kier alpha value is -2.60. The molecule has 3 aromatic rings. The van der Waals surface area contributed by atoms with E-state index in [1.165, 1.54) is 35.6 Å². The first-order valence-corrected chi connectivity index (χ1v) is 8.00. The van der Waals surface area contributed by atoms with E-state index in [0.29, 0.717) is 18.5 Å². The average molecular weight is 327 g/mol. The number of hydrogen-bond donors (Lipinski definition) is 1. The van der Waals surface area contributed by atoms with E-state index in [9.17, 15) is 9.18 Å². The highest BCUT2D eigenvalue weighted by atomic mass is 32.1. The molecule has 1 amide bonds. The summed E-state index contributed by atoms with van der Waals surface area (Å²) in [6.45, 7) is 0. The van der Waals surface area contributed by atoms with Gasteiger partial charge in [-0.1, -0.05) is 6.07 Å². The summed E-state index contributed by atoms with van der Waals surface area (Å²) in [6.07, 6.45) is 2.60. The van der Waals surface area contributed by atoms with Crippen LogP contribution < -0.4 is 5.32 Å². The normalized spacial score (nSPS) is 10.5. The molecule has 3 rings (SSSR count). The van der Waals surface area contributed by atoms with Gasteiger partial charge in [0, 0.05) is 23.7 Å². The molecular weight excluding hydrogens is 313 g/mol. The molecule has 0 unspecified atom stereocenters. The first-order chi connectivity index (χ1) is 11.2.